The number of thiophene rings is 1. The lowest BCUT2D eigenvalue weighted by Gasteiger charge is -2.35. The standard InChI is InChI=1S/C29H25N3O5S/c1-15-25-26(16-9-10-23(37-2)21(33)13-16)27-19(12-17(14-22(27)34)24-8-5-11-38-24)30-28(25)32(31-15)20-7-4-3-6-18(20)29(35)36/h3-11,13,17,26,30,33H,12,14H2,1-2H3,(H,35,36)/t17-,26-/m1/s1. The lowest BCUT2D eigenvalue weighted by Crippen LogP contribution is -2.30. The predicted molar refractivity (Wildman–Crippen MR) is 144 cm³/mol. The molecule has 3 heterocycles. The molecule has 4 aromatic rings. The predicted octanol–water partition coefficient (Wildman–Crippen LogP) is 5.61. The van der Waals surface area contributed by atoms with E-state index in [0.717, 1.165) is 21.7 Å². The van der Waals surface area contributed by atoms with E-state index < -0.39 is 11.9 Å². The Hall–Kier alpha value is -4.37. The number of anilines is 1. The number of rotatable bonds is 5. The number of benzene rings is 2. The van der Waals surface area contributed by atoms with Gasteiger partial charge in [-0.1, -0.05) is 24.3 Å². The average molecular weight is 528 g/mol. The smallest absolute Gasteiger partial charge is 0.337 e. The van der Waals surface area contributed by atoms with Gasteiger partial charge < -0.3 is 20.3 Å². The number of aromatic carboxylic acids is 1. The number of aromatic hydroxyl groups is 1. The number of aromatic nitrogens is 2. The minimum absolute atomic E-state index is 0.0202. The number of nitrogens with zero attached hydrogens (tertiary/aromatic N) is 2. The van der Waals surface area contributed by atoms with Gasteiger partial charge in [0.1, 0.15) is 5.82 Å². The number of hydrogen-bond donors (Lipinski definition) is 3. The summed E-state index contributed by atoms with van der Waals surface area (Å²) in [4.78, 5) is 27.0. The second kappa shape index (κ2) is 9.18. The van der Waals surface area contributed by atoms with Crippen LogP contribution in [0.2, 0.25) is 0 Å². The van der Waals surface area contributed by atoms with Crippen molar-refractivity contribution in [3.05, 3.63) is 98.5 Å². The van der Waals surface area contributed by atoms with Crippen molar-refractivity contribution in [3.63, 3.8) is 0 Å². The second-order valence-corrected chi connectivity index (χ2v) is 10.5. The van der Waals surface area contributed by atoms with Crippen LogP contribution in [0.3, 0.4) is 0 Å². The highest BCUT2D eigenvalue weighted by Gasteiger charge is 2.41. The Kier molecular flexibility index (Phi) is 5.80. The average Bonchev–Trinajstić information content (AvgIpc) is 3.56. The van der Waals surface area contributed by atoms with Crippen molar-refractivity contribution in [2.24, 2.45) is 0 Å². The van der Waals surface area contributed by atoms with Gasteiger partial charge in [0.05, 0.1) is 24.1 Å². The molecule has 0 saturated carbocycles. The van der Waals surface area contributed by atoms with Gasteiger partial charge in [0.15, 0.2) is 17.3 Å². The molecular formula is C29H25N3O5S. The third-order valence-corrected chi connectivity index (χ3v) is 8.34. The van der Waals surface area contributed by atoms with Gasteiger partial charge in [-0.3, -0.25) is 4.79 Å². The largest absolute Gasteiger partial charge is 0.504 e. The fourth-order valence-corrected chi connectivity index (χ4v) is 6.47. The van der Waals surface area contributed by atoms with Gasteiger partial charge in [-0.2, -0.15) is 5.10 Å². The molecule has 0 bridgehead atoms. The van der Waals surface area contributed by atoms with Crippen LogP contribution in [0, 0.1) is 6.92 Å². The van der Waals surface area contributed by atoms with E-state index in [-0.39, 0.29) is 23.0 Å². The number of para-hydroxylation sites is 1. The van der Waals surface area contributed by atoms with E-state index in [9.17, 15) is 19.8 Å². The number of phenolic OH excluding ortho intramolecular Hbond substituents is 1. The van der Waals surface area contributed by atoms with Crippen LogP contribution in [-0.4, -0.2) is 38.9 Å². The molecule has 3 N–H and O–H groups in total. The highest BCUT2D eigenvalue weighted by Crippen LogP contribution is 2.50. The lowest BCUT2D eigenvalue weighted by molar-refractivity contribution is -0.116. The second-order valence-electron chi connectivity index (χ2n) is 9.51. The molecule has 8 nitrogen and oxygen atoms in total. The highest BCUT2D eigenvalue weighted by atomic mass is 32.1. The van der Waals surface area contributed by atoms with Gasteiger partial charge in [-0.15, -0.1) is 11.3 Å². The topological polar surface area (TPSA) is 114 Å². The molecule has 0 saturated heterocycles. The Labute approximate surface area is 222 Å². The van der Waals surface area contributed by atoms with Crippen LogP contribution in [0.1, 0.15) is 56.7 Å². The Bertz CT molecular complexity index is 1620. The maximum Gasteiger partial charge on any atom is 0.337 e. The van der Waals surface area contributed by atoms with E-state index in [0.29, 0.717) is 41.4 Å². The number of carboxylic acids is 1. The summed E-state index contributed by atoms with van der Waals surface area (Å²) in [5, 5.41) is 30.7. The van der Waals surface area contributed by atoms with E-state index in [1.165, 1.54) is 7.11 Å². The summed E-state index contributed by atoms with van der Waals surface area (Å²) in [6.07, 6.45) is 1.02. The van der Waals surface area contributed by atoms with Gasteiger partial charge in [-0.25, -0.2) is 9.48 Å². The van der Waals surface area contributed by atoms with Crippen LogP contribution in [0.4, 0.5) is 5.82 Å². The first-order valence-corrected chi connectivity index (χ1v) is 13.1. The molecule has 0 fully saturated rings. The van der Waals surface area contributed by atoms with Crippen LogP contribution >= 0.6 is 11.3 Å². The van der Waals surface area contributed by atoms with E-state index >= 15 is 0 Å². The Balaban J connectivity index is 1.57. The molecule has 1 aliphatic heterocycles. The molecule has 6 rings (SSSR count). The number of carbonyl (C=O) groups is 2. The molecule has 0 amide bonds. The zero-order valence-corrected chi connectivity index (χ0v) is 21.6. The first kappa shape index (κ1) is 24.0. The van der Waals surface area contributed by atoms with Crippen molar-refractivity contribution in [1.29, 1.82) is 0 Å². The van der Waals surface area contributed by atoms with Gasteiger partial charge in [-0.05, 0) is 54.6 Å². The quantitative estimate of drug-likeness (QED) is 0.309. The number of carbonyl (C=O) groups excluding carboxylic acids is 1. The number of ether oxygens (including phenoxy) is 1. The van der Waals surface area contributed by atoms with Crippen LogP contribution in [0.5, 0.6) is 11.5 Å². The number of methoxy groups -OCH3 is 1. The van der Waals surface area contributed by atoms with Gasteiger partial charge in [0, 0.05) is 40.0 Å². The van der Waals surface area contributed by atoms with Crippen LogP contribution < -0.4 is 10.1 Å². The summed E-state index contributed by atoms with van der Waals surface area (Å²) in [6, 6.07) is 15.9. The zero-order valence-electron chi connectivity index (χ0n) is 20.8. The molecule has 192 valence electrons. The third-order valence-electron chi connectivity index (χ3n) is 7.31. The summed E-state index contributed by atoms with van der Waals surface area (Å²) >= 11 is 1.64. The van der Waals surface area contributed by atoms with Crippen molar-refractivity contribution < 1.29 is 24.5 Å². The minimum Gasteiger partial charge on any atom is -0.504 e. The van der Waals surface area contributed by atoms with Gasteiger partial charge in [0.2, 0.25) is 0 Å². The number of ketones is 1. The first-order valence-electron chi connectivity index (χ1n) is 12.2. The van der Waals surface area contributed by atoms with E-state index in [1.807, 2.05) is 24.4 Å². The Morgan fingerprint density at radius 3 is 2.68 bits per heavy atom. The van der Waals surface area contributed by atoms with E-state index in [1.54, 1.807) is 52.4 Å². The molecule has 0 unspecified atom stereocenters. The fraction of sp³-hybridized carbons (Fsp3) is 0.207. The van der Waals surface area contributed by atoms with Crippen molar-refractivity contribution in [2.45, 2.75) is 31.6 Å². The molecule has 1 aliphatic carbocycles. The number of phenols is 1. The lowest BCUT2D eigenvalue weighted by atomic mass is 9.73. The first-order chi connectivity index (χ1) is 18.4. The maximum absolute atomic E-state index is 13.8. The summed E-state index contributed by atoms with van der Waals surface area (Å²) in [5.74, 6) is -0.512. The van der Waals surface area contributed by atoms with Gasteiger partial charge in [0.25, 0.3) is 0 Å². The fourth-order valence-electron chi connectivity index (χ4n) is 5.63. The van der Waals surface area contributed by atoms with E-state index in [2.05, 4.69) is 11.4 Å². The molecule has 0 radical (unpaired) electrons. The van der Waals surface area contributed by atoms with Crippen LogP contribution in [-0.2, 0) is 4.79 Å². The molecule has 2 aromatic carbocycles. The zero-order chi connectivity index (χ0) is 26.6. The van der Waals surface area contributed by atoms with E-state index in [4.69, 9.17) is 9.84 Å². The SMILES string of the molecule is COc1ccc([C@H]2C3=C(C[C@@H](c4cccs4)CC3=O)Nc3c2c(C)nn3-c2ccccc2C(=O)O)cc1O. The number of nitrogens with one attached hydrogen (secondary N) is 1. The number of allylic oxidation sites excluding steroid dienone is 2. The molecule has 9 heteroatoms. The molecule has 2 aromatic heterocycles. The Morgan fingerprint density at radius 1 is 1.16 bits per heavy atom. The monoisotopic (exact) mass is 527 g/mol. The minimum atomic E-state index is -1.06. The number of aryl methyl sites for hydroxylation is 1. The third kappa shape index (κ3) is 3.78. The van der Waals surface area contributed by atoms with Crippen molar-refractivity contribution in [1.82, 2.24) is 9.78 Å². The molecule has 38 heavy (non-hydrogen) atoms. The molecular weight excluding hydrogens is 502 g/mol. The maximum atomic E-state index is 13.8. The van der Waals surface area contributed by atoms with Gasteiger partial charge >= 0.3 is 5.97 Å². The summed E-state index contributed by atoms with van der Waals surface area (Å²) in [5.41, 5.74) is 4.16. The molecule has 0 spiro atoms. The highest BCUT2D eigenvalue weighted by molar-refractivity contribution is 7.10. The number of fused-ring (bicyclic) bond motifs is 1. The number of hydrogen-bond acceptors (Lipinski definition) is 7. The Morgan fingerprint density at radius 2 is 1.97 bits per heavy atom. The molecule has 2 aliphatic rings. The normalized spacial score (nSPS) is 18.5. The van der Waals surface area contributed by atoms with Crippen molar-refractivity contribution in [3.8, 4) is 17.2 Å². The number of Topliss-reactive ketones (excluding diaryl/α,β-unsaturated/α-hetero) is 1. The number of carboxylic acid groups (broad SMARTS) is 1. The summed E-state index contributed by atoms with van der Waals surface area (Å²) in [6.45, 7) is 1.85. The van der Waals surface area contributed by atoms with Crippen LogP contribution in [0.15, 0.2) is 71.2 Å². The summed E-state index contributed by atoms with van der Waals surface area (Å²) in [7, 11) is 1.49. The van der Waals surface area contributed by atoms with Crippen LogP contribution in [0.25, 0.3) is 5.69 Å². The molecule has 2 atom stereocenters. The summed E-state index contributed by atoms with van der Waals surface area (Å²) < 4.78 is 6.87. The van der Waals surface area contributed by atoms with Crippen molar-refractivity contribution in [2.75, 3.05) is 12.4 Å². The van der Waals surface area contributed by atoms with Crippen molar-refractivity contribution >= 4 is 28.9 Å².